The van der Waals surface area contributed by atoms with E-state index in [9.17, 15) is 4.79 Å². The summed E-state index contributed by atoms with van der Waals surface area (Å²) in [6.07, 6.45) is 1.86. The molecule has 1 aromatic carbocycles. The average Bonchev–Trinajstić information content (AvgIpc) is 3.33. The second kappa shape index (κ2) is 10.1. The number of benzene rings is 1. The fourth-order valence-corrected chi connectivity index (χ4v) is 4.33. The molecular weight excluding hydrogens is 420 g/mol. The number of anilines is 2. The van der Waals surface area contributed by atoms with Gasteiger partial charge < -0.3 is 20.6 Å². The van der Waals surface area contributed by atoms with Gasteiger partial charge in [-0.2, -0.15) is 5.43 Å². The van der Waals surface area contributed by atoms with E-state index in [1.807, 2.05) is 0 Å². The van der Waals surface area contributed by atoms with Crippen LogP contribution in [0.25, 0.3) is 0 Å². The zero-order valence-electron chi connectivity index (χ0n) is 19.4. The maximum atomic E-state index is 12.3. The lowest BCUT2D eigenvalue weighted by molar-refractivity contribution is 0.243. The molecule has 1 fully saturated rings. The third kappa shape index (κ3) is 5.20. The van der Waals surface area contributed by atoms with E-state index in [4.69, 9.17) is 5.41 Å². The van der Waals surface area contributed by atoms with Gasteiger partial charge in [-0.25, -0.2) is 10.5 Å². The third-order valence-electron chi connectivity index (χ3n) is 5.93. The summed E-state index contributed by atoms with van der Waals surface area (Å²) in [5.41, 5.74) is 9.39. The summed E-state index contributed by atoms with van der Waals surface area (Å²) < 4.78 is 0. The molecule has 3 heterocycles. The Balaban J connectivity index is 1.48. The SMILES string of the molecule is CNc1nc(CN2CCN(c3cc(CC(C)C)ccc3C3N=NNN3)CC2)[nH]c(=O)c1C=N. The second-order valence-electron chi connectivity index (χ2n) is 8.80. The van der Waals surface area contributed by atoms with Gasteiger partial charge in [0.2, 0.25) is 0 Å². The minimum Gasteiger partial charge on any atom is -0.372 e. The molecular formula is C22H32N10O. The van der Waals surface area contributed by atoms with Crippen LogP contribution in [-0.2, 0) is 13.0 Å². The van der Waals surface area contributed by atoms with Gasteiger partial charge in [-0.1, -0.05) is 31.2 Å². The van der Waals surface area contributed by atoms with Crippen molar-refractivity contribution in [1.29, 1.82) is 5.41 Å². The van der Waals surface area contributed by atoms with Crippen molar-refractivity contribution in [1.82, 2.24) is 25.8 Å². The monoisotopic (exact) mass is 452 g/mol. The summed E-state index contributed by atoms with van der Waals surface area (Å²) in [4.78, 5) is 24.2. The van der Waals surface area contributed by atoms with Gasteiger partial charge >= 0.3 is 0 Å². The molecule has 1 unspecified atom stereocenters. The maximum absolute atomic E-state index is 12.3. The van der Waals surface area contributed by atoms with Crippen LogP contribution in [0.15, 0.2) is 33.3 Å². The molecule has 11 nitrogen and oxygen atoms in total. The average molecular weight is 453 g/mol. The Morgan fingerprint density at radius 3 is 2.70 bits per heavy atom. The van der Waals surface area contributed by atoms with Crippen LogP contribution in [-0.4, -0.2) is 54.3 Å². The number of hydrazine groups is 1. The maximum Gasteiger partial charge on any atom is 0.261 e. The number of aromatic nitrogens is 2. The largest absolute Gasteiger partial charge is 0.372 e. The van der Waals surface area contributed by atoms with Crippen molar-refractivity contribution in [3.05, 3.63) is 51.1 Å². The zero-order valence-corrected chi connectivity index (χ0v) is 19.4. The molecule has 2 aromatic rings. The van der Waals surface area contributed by atoms with Gasteiger partial charge in [-0.3, -0.25) is 9.69 Å². The molecule has 1 saturated heterocycles. The van der Waals surface area contributed by atoms with Crippen molar-refractivity contribution in [3.63, 3.8) is 0 Å². The van der Waals surface area contributed by atoms with Crippen LogP contribution in [0.4, 0.5) is 11.5 Å². The van der Waals surface area contributed by atoms with E-state index >= 15 is 0 Å². The van der Waals surface area contributed by atoms with Gasteiger partial charge in [0.05, 0.1) is 12.1 Å². The van der Waals surface area contributed by atoms with Crippen LogP contribution in [0.2, 0.25) is 0 Å². The van der Waals surface area contributed by atoms with Crippen molar-refractivity contribution >= 4 is 17.7 Å². The van der Waals surface area contributed by atoms with Crippen LogP contribution in [0, 0.1) is 11.3 Å². The zero-order chi connectivity index (χ0) is 23.4. The summed E-state index contributed by atoms with van der Waals surface area (Å²) in [5.74, 6) is 1.62. The molecule has 11 heteroatoms. The summed E-state index contributed by atoms with van der Waals surface area (Å²) in [6, 6.07) is 6.63. The number of hydrogen-bond donors (Lipinski definition) is 5. The highest BCUT2D eigenvalue weighted by Gasteiger charge is 2.25. The first-order chi connectivity index (χ1) is 16.0. The molecule has 0 amide bonds. The summed E-state index contributed by atoms with van der Waals surface area (Å²) in [5, 5.41) is 18.5. The van der Waals surface area contributed by atoms with E-state index < -0.39 is 0 Å². The highest BCUT2D eigenvalue weighted by atomic mass is 16.1. The lowest BCUT2D eigenvalue weighted by atomic mass is 9.98. The van der Waals surface area contributed by atoms with Crippen LogP contribution < -0.4 is 26.7 Å². The number of H-pyrrole nitrogens is 1. The smallest absolute Gasteiger partial charge is 0.261 e. The highest BCUT2D eigenvalue weighted by Crippen LogP contribution is 2.31. The van der Waals surface area contributed by atoms with E-state index in [1.165, 1.54) is 11.3 Å². The van der Waals surface area contributed by atoms with Crippen molar-refractivity contribution < 1.29 is 0 Å². The fourth-order valence-electron chi connectivity index (χ4n) is 4.33. The molecule has 176 valence electrons. The molecule has 1 aromatic heterocycles. The molecule has 0 saturated carbocycles. The minimum atomic E-state index is -0.295. The van der Waals surface area contributed by atoms with Crippen molar-refractivity contribution in [2.24, 2.45) is 16.3 Å². The molecule has 0 spiro atoms. The number of piperazine rings is 1. The van der Waals surface area contributed by atoms with E-state index in [1.54, 1.807) is 7.05 Å². The Kier molecular flexibility index (Phi) is 6.99. The fraction of sp³-hybridized carbons (Fsp3) is 0.500. The lowest BCUT2D eigenvalue weighted by Crippen LogP contribution is -2.47. The number of rotatable bonds is 8. The van der Waals surface area contributed by atoms with Gasteiger partial charge in [0.1, 0.15) is 11.6 Å². The number of aromatic amines is 1. The van der Waals surface area contributed by atoms with E-state index in [0.29, 0.717) is 24.1 Å². The molecule has 0 aliphatic carbocycles. The van der Waals surface area contributed by atoms with Gasteiger partial charge in [0.15, 0.2) is 6.17 Å². The Labute approximate surface area is 193 Å². The molecule has 1 atom stereocenters. The predicted octanol–water partition coefficient (Wildman–Crippen LogP) is 1.80. The standard InChI is InChI=1S/C22H32N10O/c1-14(2)10-15-4-5-16(21-27-29-30-28-21)18(11-15)32-8-6-31(7-9-32)13-19-25-20(24-3)17(12-23)22(33)26-19/h4-5,11-12,14,21,23H,6-10,13H2,1-3H3,(H,27,30)(H,28,29)(H2,24,25,26,33). The minimum absolute atomic E-state index is 0.201. The Hall–Kier alpha value is -3.31. The summed E-state index contributed by atoms with van der Waals surface area (Å²) in [7, 11) is 1.70. The van der Waals surface area contributed by atoms with Crippen molar-refractivity contribution in [2.75, 3.05) is 43.4 Å². The molecule has 33 heavy (non-hydrogen) atoms. The molecule has 2 aliphatic heterocycles. The Morgan fingerprint density at radius 1 is 1.27 bits per heavy atom. The summed E-state index contributed by atoms with van der Waals surface area (Å²) >= 11 is 0. The van der Waals surface area contributed by atoms with E-state index in [2.05, 4.69) is 78.4 Å². The highest BCUT2D eigenvalue weighted by molar-refractivity contribution is 5.83. The first-order valence-electron chi connectivity index (χ1n) is 11.3. The molecule has 0 radical (unpaired) electrons. The van der Waals surface area contributed by atoms with E-state index in [-0.39, 0.29) is 17.3 Å². The second-order valence-corrected chi connectivity index (χ2v) is 8.80. The van der Waals surface area contributed by atoms with Crippen LogP contribution >= 0.6 is 0 Å². The van der Waals surface area contributed by atoms with Crippen molar-refractivity contribution in [3.8, 4) is 0 Å². The quantitative estimate of drug-likeness (QED) is 0.385. The number of nitrogens with zero attached hydrogens (tertiary/aromatic N) is 5. The molecule has 5 N–H and O–H groups in total. The first-order valence-corrected chi connectivity index (χ1v) is 11.3. The Bertz CT molecular complexity index is 1070. The topological polar surface area (TPSA) is 137 Å². The van der Waals surface area contributed by atoms with Crippen LogP contribution in [0.1, 0.15) is 42.5 Å². The Morgan fingerprint density at radius 2 is 2.06 bits per heavy atom. The molecule has 4 rings (SSSR count). The van der Waals surface area contributed by atoms with Gasteiger partial charge in [0, 0.05) is 50.7 Å². The third-order valence-corrected chi connectivity index (χ3v) is 5.93. The van der Waals surface area contributed by atoms with Gasteiger partial charge in [0.25, 0.3) is 5.56 Å². The molecule has 0 bridgehead atoms. The number of hydrogen-bond acceptors (Lipinski definition) is 10. The van der Waals surface area contributed by atoms with Gasteiger partial charge in [-0.05, 0) is 24.0 Å². The predicted molar refractivity (Wildman–Crippen MR) is 129 cm³/mol. The normalized spacial score (nSPS) is 18.5. The van der Waals surface area contributed by atoms with Crippen LogP contribution in [0.3, 0.4) is 0 Å². The molecule has 2 aliphatic rings. The van der Waals surface area contributed by atoms with Crippen molar-refractivity contribution in [2.45, 2.75) is 33.0 Å². The van der Waals surface area contributed by atoms with Crippen LogP contribution in [0.5, 0.6) is 0 Å². The lowest BCUT2D eigenvalue weighted by Gasteiger charge is -2.37. The first kappa shape index (κ1) is 22.9. The summed E-state index contributed by atoms with van der Waals surface area (Å²) in [6.45, 7) is 8.42. The van der Waals surface area contributed by atoms with E-state index in [0.717, 1.165) is 44.4 Å². The van der Waals surface area contributed by atoms with Gasteiger partial charge in [-0.15, -0.1) is 5.11 Å². The number of nitrogens with one attached hydrogen (secondary N) is 5.